The Labute approximate surface area is 151 Å². The first kappa shape index (κ1) is 15.7. The van der Waals surface area contributed by atoms with Crippen molar-refractivity contribution in [2.75, 3.05) is 7.11 Å². The Morgan fingerprint density at radius 2 is 1.92 bits per heavy atom. The molecule has 0 atom stereocenters. The minimum Gasteiger partial charge on any atom is -0.464 e. The van der Waals surface area contributed by atoms with E-state index in [0.717, 1.165) is 26.5 Å². The lowest BCUT2D eigenvalue weighted by Gasteiger charge is -1.98. The molecule has 2 aromatic heterocycles. The van der Waals surface area contributed by atoms with Crippen LogP contribution in [0.1, 0.15) is 10.5 Å². The number of methoxy groups -OCH3 is 1. The minimum absolute atomic E-state index is 0.158. The lowest BCUT2D eigenvalue weighted by molar-refractivity contribution is 0.0595. The summed E-state index contributed by atoms with van der Waals surface area (Å²) in [5, 5.41) is 0.950. The molecule has 4 rings (SSSR count). The number of nitrogens with one attached hydrogen (secondary N) is 1. The average molecular weight is 397 g/mol. The maximum atomic E-state index is 12.2. The van der Waals surface area contributed by atoms with E-state index in [0.29, 0.717) is 11.7 Å². The van der Waals surface area contributed by atoms with Crippen LogP contribution in [0.5, 0.6) is 0 Å². The summed E-state index contributed by atoms with van der Waals surface area (Å²) in [5.41, 5.74) is 2.66. The number of hydrogen-bond donors (Lipinski definition) is 1. The summed E-state index contributed by atoms with van der Waals surface area (Å²) in [7, 11) is 1.33. The van der Waals surface area contributed by atoms with Crippen LogP contribution in [0.15, 0.2) is 63.6 Å². The van der Waals surface area contributed by atoms with E-state index in [-0.39, 0.29) is 5.69 Å². The highest BCUT2D eigenvalue weighted by Crippen LogP contribution is 2.35. The molecule has 0 saturated carbocycles. The monoisotopic (exact) mass is 396 g/mol. The number of carbonyl (C=O) groups is 1. The van der Waals surface area contributed by atoms with Crippen molar-refractivity contribution >= 4 is 32.8 Å². The summed E-state index contributed by atoms with van der Waals surface area (Å²) in [4.78, 5) is 19.8. The summed E-state index contributed by atoms with van der Waals surface area (Å²) >= 11 is 3.40. The summed E-state index contributed by atoms with van der Waals surface area (Å²) in [6, 6.07) is 15.3. The SMILES string of the molecule is COC(=O)c1nc(-c2ccc(Br)cc2)oc1-c1c[nH]c2ccccc12. The first-order chi connectivity index (χ1) is 12.2. The lowest BCUT2D eigenvalue weighted by Crippen LogP contribution is -2.03. The fourth-order valence-corrected chi connectivity index (χ4v) is 2.98. The lowest BCUT2D eigenvalue weighted by atomic mass is 10.1. The van der Waals surface area contributed by atoms with Gasteiger partial charge in [0.05, 0.1) is 7.11 Å². The van der Waals surface area contributed by atoms with Gasteiger partial charge in [0, 0.05) is 32.7 Å². The van der Waals surface area contributed by atoms with E-state index in [9.17, 15) is 4.79 Å². The summed E-state index contributed by atoms with van der Waals surface area (Å²) < 4.78 is 11.8. The number of fused-ring (bicyclic) bond motifs is 1. The molecule has 0 saturated heterocycles. The maximum Gasteiger partial charge on any atom is 0.360 e. The van der Waals surface area contributed by atoms with E-state index in [4.69, 9.17) is 9.15 Å². The standard InChI is InChI=1S/C19H13BrN2O3/c1-24-19(23)16-17(14-10-21-15-5-3-2-4-13(14)15)25-18(22-16)11-6-8-12(20)9-7-11/h2-10,21H,1H3. The molecule has 0 aliphatic heterocycles. The van der Waals surface area contributed by atoms with Crippen LogP contribution >= 0.6 is 15.9 Å². The maximum absolute atomic E-state index is 12.2. The molecule has 2 aromatic carbocycles. The van der Waals surface area contributed by atoms with Gasteiger partial charge in [-0.15, -0.1) is 0 Å². The zero-order chi connectivity index (χ0) is 17.4. The van der Waals surface area contributed by atoms with Gasteiger partial charge in [-0.05, 0) is 30.3 Å². The second-order valence-electron chi connectivity index (χ2n) is 5.44. The summed E-state index contributed by atoms with van der Waals surface area (Å²) in [5.74, 6) is 0.225. The van der Waals surface area contributed by atoms with Gasteiger partial charge < -0.3 is 14.1 Å². The summed E-state index contributed by atoms with van der Waals surface area (Å²) in [6.45, 7) is 0. The minimum atomic E-state index is -0.535. The smallest absolute Gasteiger partial charge is 0.360 e. The average Bonchev–Trinajstić information content (AvgIpc) is 3.25. The summed E-state index contributed by atoms with van der Waals surface area (Å²) in [6.07, 6.45) is 1.81. The Balaban J connectivity index is 1.91. The van der Waals surface area contributed by atoms with E-state index in [2.05, 4.69) is 25.9 Å². The van der Waals surface area contributed by atoms with Crippen molar-refractivity contribution in [3.63, 3.8) is 0 Å². The van der Waals surface area contributed by atoms with E-state index in [1.807, 2.05) is 54.7 Å². The normalized spacial score (nSPS) is 11.0. The molecular formula is C19H13BrN2O3. The third kappa shape index (κ3) is 2.74. The van der Waals surface area contributed by atoms with E-state index in [1.54, 1.807) is 0 Å². The van der Waals surface area contributed by atoms with Crippen LogP contribution in [-0.4, -0.2) is 23.0 Å². The Kier molecular flexibility index (Phi) is 3.89. The molecule has 1 N–H and O–H groups in total. The molecule has 6 heteroatoms. The van der Waals surface area contributed by atoms with Crippen LogP contribution < -0.4 is 0 Å². The molecule has 0 radical (unpaired) electrons. The number of ether oxygens (including phenoxy) is 1. The second kappa shape index (κ2) is 6.22. The number of benzene rings is 2. The van der Waals surface area contributed by atoms with Crippen LogP contribution in [0.3, 0.4) is 0 Å². The van der Waals surface area contributed by atoms with Gasteiger partial charge in [-0.2, -0.15) is 0 Å². The molecular weight excluding hydrogens is 384 g/mol. The molecule has 124 valence electrons. The molecule has 2 heterocycles. The molecule has 0 fully saturated rings. The number of esters is 1. The molecule has 5 nitrogen and oxygen atoms in total. The van der Waals surface area contributed by atoms with Gasteiger partial charge in [0.1, 0.15) is 0 Å². The van der Waals surface area contributed by atoms with Crippen molar-refractivity contribution in [3.05, 3.63) is 64.9 Å². The number of para-hydroxylation sites is 1. The number of nitrogens with zero attached hydrogens (tertiary/aromatic N) is 1. The van der Waals surface area contributed by atoms with Crippen LogP contribution in [0.2, 0.25) is 0 Å². The highest BCUT2D eigenvalue weighted by molar-refractivity contribution is 9.10. The third-order valence-corrected chi connectivity index (χ3v) is 4.46. The Morgan fingerprint density at radius 3 is 2.68 bits per heavy atom. The van der Waals surface area contributed by atoms with Gasteiger partial charge in [-0.1, -0.05) is 34.1 Å². The first-order valence-corrected chi connectivity index (χ1v) is 8.38. The predicted octanol–water partition coefficient (Wildman–Crippen LogP) is 5.04. The van der Waals surface area contributed by atoms with Crippen molar-refractivity contribution in [3.8, 4) is 22.8 Å². The number of halogens is 1. The van der Waals surface area contributed by atoms with Crippen LogP contribution in [0.25, 0.3) is 33.7 Å². The van der Waals surface area contributed by atoms with Crippen molar-refractivity contribution in [2.24, 2.45) is 0 Å². The topological polar surface area (TPSA) is 68.1 Å². The zero-order valence-corrected chi connectivity index (χ0v) is 14.8. The molecule has 0 unspecified atom stereocenters. The Morgan fingerprint density at radius 1 is 1.16 bits per heavy atom. The molecule has 0 aliphatic rings. The van der Waals surface area contributed by atoms with Crippen LogP contribution in [-0.2, 0) is 4.74 Å². The Bertz CT molecular complexity index is 1060. The fourth-order valence-electron chi connectivity index (χ4n) is 2.71. The number of rotatable bonds is 3. The molecule has 4 aromatic rings. The van der Waals surface area contributed by atoms with E-state index < -0.39 is 5.97 Å². The van der Waals surface area contributed by atoms with Crippen molar-refractivity contribution < 1.29 is 13.9 Å². The number of aromatic nitrogens is 2. The van der Waals surface area contributed by atoms with E-state index >= 15 is 0 Å². The quantitative estimate of drug-likeness (QED) is 0.492. The van der Waals surface area contributed by atoms with Gasteiger partial charge >= 0.3 is 5.97 Å². The molecule has 25 heavy (non-hydrogen) atoms. The highest BCUT2D eigenvalue weighted by Gasteiger charge is 2.24. The molecule has 0 aliphatic carbocycles. The third-order valence-electron chi connectivity index (χ3n) is 3.93. The largest absolute Gasteiger partial charge is 0.464 e. The van der Waals surface area contributed by atoms with Gasteiger partial charge in [0.25, 0.3) is 0 Å². The van der Waals surface area contributed by atoms with Crippen molar-refractivity contribution in [2.45, 2.75) is 0 Å². The number of aromatic amines is 1. The van der Waals surface area contributed by atoms with Crippen molar-refractivity contribution in [1.82, 2.24) is 9.97 Å². The predicted molar refractivity (Wildman–Crippen MR) is 98.3 cm³/mol. The van der Waals surface area contributed by atoms with Gasteiger partial charge in [0.2, 0.25) is 5.89 Å². The number of carbonyl (C=O) groups excluding carboxylic acids is 1. The first-order valence-electron chi connectivity index (χ1n) is 7.59. The fraction of sp³-hybridized carbons (Fsp3) is 0.0526. The molecule has 0 bridgehead atoms. The van der Waals surface area contributed by atoms with Gasteiger partial charge in [0.15, 0.2) is 11.5 Å². The van der Waals surface area contributed by atoms with Crippen molar-refractivity contribution in [1.29, 1.82) is 0 Å². The number of H-pyrrole nitrogens is 1. The van der Waals surface area contributed by atoms with E-state index in [1.165, 1.54) is 7.11 Å². The number of hydrogen-bond acceptors (Lipinski definition) is 4. The number of oxazole rings is 1. The van der Waals surface area contributed by atoms with Crippen LogP contribution in [0.4, 0.5) is 0 Å². The Hall–Kier alpha value is -2.86. The van der Waals surface area contributed by atoms with Gasteiger partial charge in [-0.25, -0.2) is 9.78 Å². The van der Waals surface area contributed by atoms with Crippen LogP contribution in [0, 0.1) is 0 Å². The van der Waals surface area contributed by atoms with Gasteiger partial charge in [-0.3, -0.25) is 0 Å². The zero-order valence-electron chi connectivity index (χ0n) is 13.2. The molecule has 0 spiro atoms. The highest BCUT2D eigenvalue weighted by atomic mass is 79.9. The second-order valence-corrected chi connectivity index (χ2v) is 6.36. The molecule has 0 amide bonds.